The lowest BCUT2D eigenvalue weighted by atomic mass is 9.71. The van der Waals surface area contributed by atoms with Gasteiger partial charge in [0.25, 0.3) is 0 Å². The molecule has 3 heterocycles. The number of aromatic nitrogens is 2. The molecule has 5 rings (SSSR count). The molecule has 2 saturated heterocycles. The number of rotatable bonds is 2. The van der Waals surface area contributed by atoms with Crippen LogP contribution in [0.5, 0.6) is 0 Å². The summed E-state index contributed by atoms with van der Waals surface area (Å²) in [5, 5.41) is 8.52. The topological polar surface area (TPSA) is 74.2 Å². The second kappa shape index (κ2) is 3.79. The molecule has 0 amide bonds. The van der Waals surface area contributed by atoms with Crippen LogP contribution in [0.1, 0.15) is 63.1 Å². The van der Waals surface area contributed by atoms with Crippen LogP contribution in [0.2, 0.25) is 0 Å². The standard InChI is InChI=1S/C14H21N3O2/c1-9-6-10(7-9)11-16-17-12(19-11)14-4-2-13(15,3-5-14)8-18-14/h9-10H,2-8,15H2,1H3. The van der Waals surface area contributed by atoms with Crippen molar-refractivity contribution >= 4 is 0 Å². The largest absolute Gasteiger partial charge is 0.422 e. The van der Waals surface area contributed by atoms with Gasteiger partial charge in [0.1, 0.15) is 5.60 Å². The van der Waals surface area contributed by atoms with Crippen molar-refractivity contribution in [3.05, 3.63) is 11.8 Å². The highest BCUT2D eigenvalue weighted by Crippen LogP contribution is 2.49. The fourth-order valence-electron chi connectivity index (χ4n) is 3.69. The van der Waals surface area contributed by atoms with Crippen molar-refractivity contribution in [2.45, 2.75) is 62.5 Å². The van der Waals surface area contributed by atoms with E-state index in [0.717, 1.165) is 37.5 Å². The van der Waals surface area contributed by atoms with Gasteiger partial charge in [0.15, 0.2) is 0 Å². The Hall–Kier alpha value is -0.940. The van der Waals surface area contributed by atoms with Crippen LogP contribution in [0.4, 0.5) is 0 Å². The second-order valence-corrected chi connectivity index (χ2v) is 6.86. The summed E-state index contributed by atoms with van der Waals surface area (Å²) < 4.78 is 11.9. The third-order valence-electron chi connectivity index (χ3n) is 5.24. The van der Waals surface area contributed by atoms with E-state index in [1.807, 2.05) is 0 Å². The second-order valence-electron chi connectivity index (χ2n) is 6.86. The molecule has 4 aliphatic rings. The van der Waals surface area contributed by atoms with Crippen molar-refractivity contribution in [1.82, 2.24) is 10.2 Å². The highest BCUT2D eigenvalue weighted by Gasteiger charge is 2.52. The zero-order valence-corrected chi connectivity index (χ0v) is 11.4. The monoisotopic (exact) mass is 263 g/mol. The molecule has 4 fully saturated rings. The molecule has 5 heteroatoms. The normalized spacial score (nSPS) is 45.2. The fraction of sp³-hybridized carbons (Fsp3) is 0.857. The molecule has 1 aromatic rings. The van der Waals surface area contributed by atoms with Gasteiger partial charge in [-0.05, 0) is 44.4 Å². The first-order valence-electron chi connectivity index (χ1n) is 7.35. The average Bonchev–Trinajstić information content (AvgIpc) is 2.86. The Kier molecular flexibility index (Phi) is 2.37. The zero-order chi connectivity index (χ0) is 13.1. The lowest BCUT2D eigenvalue weighted by molar-refractivity contribution is -0.171. The van der Waals surface area contributed by atoms with Gasteiger partial charge in [-0.15, -0.1) is 10.2 Å². The number of nitrogens with two attached hydrogens (primary N) is 1. The predicted molar refractivity (Wildman–Crippen MR) is 68.5 cm³/mol. The lowest BCUT2D eigenvalue weighted by Gasteiger charge is -2.49. The van der Waals surface area contributed by atoms with Crippen LogP contribution >= 0.6 is 0 Å². The Labute approximate surface area is 112 Å². The van der Waals surface area contributed by atoms with Gasteiger partial charge >= 0.3 is 0 Å². The summed E-state index contributed by atoms with van der Waals surface area (Å²) in [5.41, 5.74) is 5.78. The van der Waals surface area contributed by atoms with Crippen LogP contribution in [-0.2, 0) is 10.3 Å². The third kappa shape index (κ3) is 1.75. The van der Waals surface area contributed by atoms with Crippen molar-refractivity contribution in [2.24, 2.45) is 11.7 Å². The molecule has 2 aliphatic heterocycles. The number of nitrogens with zero attached hydrogens (tertiary/aromatic N) is 2. The molecule has 19 heavy (non-hydrogen) atoms. The van der Waals surface area contributed by atoms with Crippen LogP contribution in [0, 0.1) is 5.92 Å². The van der Waals surface area contributed by atoms with Gasteiger partial charge in [0.05, 0.1) is 6.61 Å². The first-order chi connectivity index (χ1) is 9.09. The van der Waals surface area contributed by atoms with Crippen molar-refractivity contribution in [2.75, 3.05) is 6.61 Å². The fourth-order valence-corrected chi connectivity index (χ4v) is 3.69. The van der Waals surface area contributed by atoms with Gasteiger partial charge in [0, 0.05) is 11.5 Å². The van der Waals surface area contributed by atoms with E-state index >= 15 is 0 Å². The Morgan fingerprint density at radius 1 is 1.16 bits per heavy atom. The molecule has 5 nitrogen and oxygen atoms in total. The minimum absolute atomic E-state index is 0.117. The van der Waals surface area contributed by atoms with Gasteiger partial charge < -0.3 is 14.9 Å². The molecule has 0 unspecified atom stereocenters. The molecule has 104 valence electrons. The van der Waals surface area contributed by atoms with E-state index in [-0.39, 0.29) is 11.1 Å². The summed E-state index contributed by atoms with van der Waals surface area (Å²) in [5.74, 6) is 2.75. The summed E-state index contributed by atoms with van der Waals surface area (Å²) in [4.78, 5) is 0. The molecule has 1 aromatic heterocycles. The maximum Gasteiger partial charge on any atom is 0.248 e. The number of ether oxygens (including phenoxy) is 1. The summed E-state index contributed by atoms with van der Waals surface area (Å²) in [6, 6.07) is 0. The van der Waals surface area contributed by atoms with E-state index in [2.05, 4.69) is 17.1 Å². The molecule has 0 spiro atoms. The zero-order valence-electron chi connectivity index (χ0n) is 11.4. The minimum atomic E-state index is -0.346. The summed E-state index contributed by atoms with van der Waals surface area (Å²) in [6.45, 7) is 2.88. The Bertz CT molecular complexity index is 468. The first kappa shape index (κ1) is 11.9. The lowest BCUT2D eigenvalue weighted by Crippen LogP contribution is -2.58. The molecule has 0 atom stereocenters. The molecule has 0 radical (unpaired) electrons. The third-order valence-corrected chi connectivity index (χ3v) is 5.24. The van der Waals surface area contributed by atoms with Crippen LogP contribution in [-0.4, -0.2) is 22.3 Å². The van der Waals surface area contributed by atoms with Crippen LogP contribution in [0.15, 0.2) is 4.42 Å². The van der Waals surface area contributed by atoms with Crippen LogP contribution < -0.4 is 5.73 Å². The van der Waals surface area contributed by atoms with E-state index in [9.17, 15) is 0 Å². The maximum atomic E-state index is 6.24. The summed E-state index contributed by atoms with van der Waals surface area (Å²) in [6.07, 6.45) is 6.14. The van der Waals surface area contributed by atoms with Crippen molar-refractivity contribution < 1.29 is 9.15 Å². The molecular weight excluding hydrogens is 242 g/mol. The van der Waals surface area contributed by atoms with E-state index in [4.69, 9.17) is 14.9 Å². The number of hydrogen-bond acceptors (Lipinski definition) is 5. The van der Waals surface area contributed by atoms with Gasteiger partial charge in [-0.1, -0.05) is 6.92 Å². The average molecular weight is 263 g/mol. The molecule has 0 aromatic carbocycles. The van der Waals surface area contributed by atoms with Gasteiger partial charge in [-0.25, -0.2) is 0 Å². The van der Waals surface area contributed by atoms with Gasteiger partial charge in [-0.3, -0.25) is 0 Å². The Balaban J connectivity index is 1.56. The number of fused-ring (bicyclic) bond motifs is 3. The van der Waals surface area contributed by atoms with Crippen molar-refractivity contribution in [3.63, 3.8) is 0 Å². The van der Waals surface area contributed by atoms with Crippen LogP contribution in [0.25, 0.3) is 0 Å². The quantitative estimate of drug-likeness (QED) is 0.884. The van der Waals surface area contributed by atoms with Gasteiger partial charge in [0.2, 0.25) is 11.8 Å². The van der Waals surface area contributed by atoms with Crippen LogP contribution in [0.3, 0.4) is 0 Å². The Morgan fingerprint density at radius 3 is 2.47 bits per heavy atom. The van der Waals surface area contributed by atoms with E-state index < -0.39 is 0 Å². The SMILES string of the molecule is CC1CC(c2nnc(C34CCC(N)(CC3)CO4)o2)C1. The number of hydrogen-bond donors (Lipinski definition) is 1. The van der Waals surface area contributed by atoms with E-state index in [1.54, 1.807) is 0 Å². The Morgan fingerprint density at radius 2 is 1.89 bits per heavy atom. The van der Waals surface area contributed by atoms with Crippen molar-refractivity contribution in [1.29, 1.82) is 0 Å². The summed E-state index contributed by atoms with van der Waals surface area (Å²) in [7, 11) is 0. The van der Waals surface area contributed by atoms with Gasteiger partial charge in [-0.2, -0.15) is 0 Å². The highest BCUT2D eigenvalue weighted by molar-refractivity contribution is 5.10. The first-order valence-corrected chi connectivity index (χ1v) is 7.35. The molecule has 2 aliphatic carbocycles. The van der Waals surface area contributed by atoms with Crippen molar-refractivity contribution in [3.8, 4) is 0 Å². The predicted octanol–water partition coefficient (Wildman–Crippen LogP) is 2.08. The molecule has 2 N–H and O–H groups in total. The maximum absolute atomic E-state index is 6.24. The summed E-state index contributed by atoms with van der Waals surface area (Å²) >= 11 is 0. The molecule has 2 saturated carbocycles. The van der Waals surface area contributed by atoms with E-state index in [0.29, 0.717) is 18.4 Å². The smallest absolute Gasteiger partial charge is 0.248 e. The molecule has 2 bridgehead atoms. The highest BCUT2D eigenvalue weighted by atomic mass is 16.5. The minimum Gasteiger partial charge on any atom is -0.422 e. The molecular formula is C14H21N3O2. The van der Waals surface area contributed by atoms with E-state index in [1.165, 1.54) is 12.8 Å².